The molecule has 1 aromatic carbocycles. The fourth-order valence-corrected chi connectivity index (χ4v) is 2.86. The van der Waals surface area contributed by atoms with Gasteiger partial charge in [-0.1, -0.05) is 13.0 Å². The van der Waals surface area contributed by atoms with Gasteiger partial charge in [-0.05, 0) is 50.0 Å². The Balaban J connectivity index is 1.94. The molecule has 0 aliphatic carbocycles. The van der Waals surface area contributed by atoms with E-state index in [9.17, 15) is 14.5 Å². The summed E-state index contributed by atoms with van der Waals surface area (Å²) in [7, 11) is 0. The molecule has 1 saturated heterocycles. The highest BCUT2D eigenvalue weighted by Gasteiger charge is 2.20. The predicted octanol–water partition coefficient (Wildman–Crippen LogP) is 2.56. The maximum absolute atomic E-state index is 13.6. The Morgan fingerprint density at radius 2 is 2.33 bits per heavy atom. The van der Waals surface area contributed by atoms with Crippen LogP contribution in [0.15, 0.2) is 18.2 Å². The van der Waals surface area contributed by atoms with Crippen LogP contribution in [0.25, 0.3) is 0 Å². The van der Waals surface area contributed by atoms with Gasteiger partial charge in [-0.15, -0.1) is 0 Å². The van der Waals surface area contributed by atoms with Gasteiger partial charge in [0, 0.05) is 19.2 Å². The molecule has 1 aliphatic heterocycles. The Morgan fingerprint density at radius 1 is 1.52 bits per heavy atom. The van der Waals surface area contributed by atoms with Crippen LogP contribution < -0.4 is 5.32 Å². The molecule has 2 rings (SSSR count). The van der Waals surface area contributed by atoms with Crippen LogP contribution in [0, 0.1) is 21.8 Å². The van der Waals surface area contributed by atoms with E-state index in [0.717, 1.165) is 38.2 Å². The van der Waals surface area contributed by atoms with Crippen molar-refractivity contribution in [2.45, 2.75) is 26.3 Å². The van der Waals surface area contributed by atoms with E-state index < -0.39 is 16.4 Å². The second kappa shape index (κ2) is 7.47. The Morgan fingerprint density at radius 3 is 3.00 bits per heavy atom. The Kier molecular flexibility index (Phi) is 5.64. The van der Waals surface area contributed by atoms with Crippen LogP contribution in [0.3, 0.4) is 0 Å². The lowest BCUT2D eigenvalue weighted by molar-refractivity contribution is -0.387. The summed E-state index contributed by atoms with van der Waals surface area (Å²) in [5, 5.41) is 14.0. The van der Waals surface area contributed by atoms with Crippen LogP contribution in [0.2, 0.25) is 0 Å². The number of rotatable bonds is 6. The maximum atomic E-state index is 13.6. The normalized spacial score (nSPS) is 19.6. The third-order valence-electron chi connectivity index (χ3n) is 3.90. The lowest BCUT2D eigenvalue weighted by Gasteiger charge is -2.32. The highest BCUT2D eigenvalue weighted by molar-refractivity contribution is 5.34. The molecule has 1 aliphatic rings. The topological polar surface area (TPSA) is 58.4 Å². The smallest absolute Gasteiger partial charge is 0.304 e. The first-order valence-electron chi connectivity index (χ1n) is 7.46. The Labute approximate surface area is 124 Å². The van der Waals surface area contributed by atoms with Crippen LogP contribution >= 0.6 is 0 Å². The van der Waals surface area contributed by atoms with E-state index in [1.807, 2.05) is 0 Å². The first kappa shape index (κ1) is 15.9. The van der Waals surface area contributed by atoms with Crippen molar-refractivity contribution in [3.05, 3.63) is 39.7 Å². The standard InChI is InChI=1S/C15H22FN3O2/c1-2-17-9-13-4-3-7-18(11-13)10-12-5-6-15(19(20)21)14(16)8-12/h5-6,8,13,17H,2-4,7,9-11H2,1H3. The van der Waals surface area contributed by atoms with Gasteiger partial charge in [0.1, 0.15) is 0 Å². The number of piperidine rings is 1. The molecule has 0 radical (unpaired) electrons. The quantitative estimate of drug-likeness (QED) is 0.647. The molecule has 0 aromatic heterocycles. The van der Waals surface area contributed by atoms with Gasteiger partial charge in [-0.3, -0.25) is 15.0 Å². The molecule has 0 spiro atoms. The summed E-state index contributed by atoms with van der Waals surface area (Å²) in [5.41, 5.74) is 0.338. The fourth-order valence-electron chi connectivity index (χ4n) is 2.86. The van der Waals surface area contributed by atoms with Crippen LogP contribution in [-0.2, 0) is 6.54 Å². The van der Waals surface area contributed by atoms with Crippen molar-refractivity contribution in [3.63, 3.8) is 0 Å². The molecular formula is C15H22FN3O2. The summed E-state index contributed by atoms with van der Waals surface area (Å²) in [4.78, 5) is 12.2. The molecule has 1 N–H and O–H groups in total. The molecular weight excluding hydrogens is 273 g/mol. The highest BCUT2D eigenvalue weighted by Crippen LogP contribution is 2.21. The second-order valence-electron chi connectivity index (χ2n) is 5.59. The summed E-state index contributed by atoms with van der Waals surface area (Å²) in [6.45, 7) is 6.73. The molecule has 1 atom stereocenters. The van der Waals surface area contributed by atoms with Crippen molar-refractivity contribution in [3.8, 4) is 0 Å². The van der Waals surface area contributed by atoms with Gasteiger partial charge in [0.25, 0.3) is 0 Å². The number of likely N-dealkylation sites (tertiary alicyclic amines) is 1. The SMILES string of the molecule is CCNCC1CCCN(Cc2ccc([N+](=O)[O-])c(F)c2)C1. The minimum absolute atomic E-state index is 0.456. The molecule has 1 aromatic rings. The largest absolute Gasteiger partial charge is 0.317 e. The van der Waals surface area contributed by atoms with E-state index in [2.05, 4.69) is 17.1 Å². The Hall–Kier alpha value is -1.53. The first-order valence-corrected chi connectivity index (χ1v) is 7.46. The minimum atomic E-state index is -0.751. The summed E-state index contributed by atoms with van der Waals surface area (Å²) in [6.07, 6.45) is 2.36. The molecule has 0 bridgehead atoms. The highest BCUT2D eigenvalue weighted by atomic mass is 19.1. The molecule has 0 saturated carbocycles. The van der Waals surface area contributed by atoms with Crippen molar-refractivity contribution < 1.29 is 9.31 Å². The van der Waals surface area contributed by atoms with E-state index in [4.69, 9.17) is 0 Å². The summed E-state index contributed by atoms with van der Waals surface area (Å²) in [5.74, 6) is -0.125. The number of nitrogens with one attached hydrogen (secondary N) is 1. The van der Waals surface area contributed by atoms with Crippen molar-refractivity contribution in [2.24, 2.45) is 5.92 Å². The number of nitro groups is 1. The van der Waals surface area contributed by atoms with E-state index in [-0.39, 0.29) is 0 Å². The Bertz CT molecular complexity index is 496. The van der Waals surface area contributed by atoms with Gasteiger partial charge in [0.2, 0.25) is 5.82 Å². The molecule has 116 valence electrons. The number of benzene rings is 1. The summed E-state index contributed by atoms with van der Waals surface area (Å²) < 4.78 is 13.6. The number of halogens is 1. The molecule has 0 amide bonds. The van der Waals surface area contributed by atoms with Crippen LogP contribution in [0.5, 0.6) is 0 Å². The second-order valence-corrected chi connectivity index (χ2v) is 5.59. The number of hydrogen-bond donors (Lipinski definition) is 1. The third-order valence-corrected chi connectivity index (χ3v) is 3.90. The summed E-state index contributed by atoms with van der Waals surface area (Å²) in [6, 6.07) is 4.19. The lowest BCUT2D eigenvalue weighted by atomic mass is 9.97. The average molecular weight is 295 g/mol. The van der Waals surface area contributed by atoms with E-state index in [1.54, 1.807) is 6.07 Å². The van der Waals surface area contributed by atoms with Crippen molar-refractivity contribution in [1.29, 1.82) is 0 Å². The van der Waals surface area contributed by atoms with Crippen molar-refractivity contribution in [2.75, 3.05) is 26.2 Å². The molecule has 6 heteroatoms. The van der Waals surface area contributed by atoms with Crippen molar-refractivity contribution >= 4 is 5.69 Å². The zero-order chi connectivity index (χ0) is 15.2. The molecule has 5 nitrogen and oxygen atoms in total. The van der Waals surface area contributed by atoms with E-state index in [0.29, 0.717) is 12.5 Å². The van der Waals surface area contributed by atoms with Gasteiger partial charge in [0.05, 0.1) is 4.92 Å². The monoisotopic (exact) mass is 295 g/mol. The molecule has 1 heterocycles. The van der Waals surface area contributed by atoms with Crippen molar-refractivity contribution in [1.82, 2.24) is 10.2 Å². The predicted molar refractivity (Wildman–Crippen MR) is 79.6 cm³/mol. The summed E-state index contributed by atoms with van der Waals surface area (Å²) >= 11 is 0. The fraction of sp³-hybridized carbons (Fsp3) is 0.600. The number of nitro benzene ring substituents is 1. The zero-order valence-electron chi connectivity index (χ0n) is 12.3. The van der Waals surface area contributed by atoms with Crippen LogP contribution in [0.4, 0.5) is 10.1 Å². The maximum Gasteiger partial charge on any atom is 0.304 e. The zero-order valence-corrected chi connectivity index (χ0v) is 12.3. The van der Waals surface area contributed by atoms with Gasteiger partial charge in [0.15, 0.2) is 0 Å². The van der Waals surface area contributed by atoms with Gasteiger partial charge >= 0.3 is 5.69 Å². The minimum Gasteiger partial charge on any atom is -0.317 e. The number of nitrogens with zero attached hydrogens (tertiary/aromatic N) is 2. The van der Waals surface area contributed by atoms with E-state index in [1.165, 1.54) is 18.6 Å². The number of hydrogen-bond acceptors (Lipinski definition) is 4. The van der Waals surface area contributed by atoms with Crippen LogP contribution in [-0.4, -0.2) is 36.0 Å². The van der Waals surface area contributed by atoms with E-state index >= 15 is 0 Å². The average Bonchev–Trinajstić information content (AvgIpc) is 2.45. The molecule has 21 heavy (non-hydrogen) atoms. The van der Waals surface area contributed by atoms with Gasteiger partial charge in [-0.25, -0.2) is 0 Å². The van der Waals surface area contributed by atoms with Gasteiger partial charge < -0.3 is 5.32 Å². The molecule has 1 fully saturated rings. The lowest BCUT2D eigenvalue weighted by Crippen LogP contribution is -2.39. The first-order chi connectivity index (χ1) is 10.1. The third kappa shape index (κ3) is 4.47. The van der Waals surface area contributed by atoms with Gasteiger partial charge in [-0.2, -0.15) is 4.39 Å². The molecule has 1 unspecified atom stereocenters. The van der Waals surface area contributed by atoms with Crippen LogP contribution in [0.1, 0.15) is 25.3 Å².